The number of nitrogens with one attached hydrogen (secondary N) is 2. The number of aromatic hydroxyl groups is 2. The molecule has 3 aromatic rings. The minimum absolute atomic E-state index is 0.0167. The molecule has 1 aliphatic rings. The zero-order valence-corrected chi connectivity index (χ0v) is 15.7. The largest absolute Gasteiger partial charge is 0.508 e. The molecule has 0 aliphatic carbocycles. The van der Waals surface area contributed by atoms with Crippen molar-refractivity contribution in [2.75, 3.05) is 28.7 Å². The van der Waals surface area contributed by atoms with Crippen molar-refractivity contribution < 1.29 is 10.2 Å². The topological polar surface area (TPSA) is 119 Å². The van der Waals surface area contributed by atoms with Crippen LogP contribution in [0.5, 0.6) is 11.5 Å². The van der Waals surface area contributed by atoms with Crippen molar-refractivity contribution >= 4 is 29.7 Å². The van der Waals surface area contributed by atoms with E-state index in [0.29, 0.717) is 17.5 Å². The lowest BCUT2D eigenvalue weighted by molar-refractivity contribution is 0.450. The maximum absolute atomic E-state index is 9.85. The van der Waals surface area contributed by atoms with Crippen LogP contribution in [-0.2, 0) is 0 Å². The maximum atomic E-state index is 9.85. The fourth-order valence-electron chi connectivity index (χ4n) is 2.98. The van der Waals surface area contributed by atoms with Gasteiger partial charge < -0.3 is 20.4 Å². The molecule has 0 bridgehead atoms. The second kappa shape index (κ2) is 8.42. The van der Waals surface area contributed by atoms with Gasteiger partial charge in [-0.2, -0.15) is 20.1 Å². The number of phenolic OH excluding ortho intramolecular Hbond substituents is 2. The first-order chi connectivity index (χ1) is 14.2. The number of nitrogens with zero attached hydrogens (tertiary/aromatic N) is 5. The third kappa shape index (κ3) is 4.70. The fourth-order valence-corrected chi connectivity index (χ4v) is 2.98. The fraction of sp³-hybridized carbons (Fsp3) is 0.200. The average Bonchev–Trinajstić information content (AvgIpc) is 3.25. The molecule has 0 atom stereocenters. The summed E-state index contributed by atoms with van der Waals surface area (Å²) in [6.07, 6.45) is 3.64. The van der Waals surface area contributed by atoms with Gasteiger partial charge in [0.15, 0.2) is 0 Å². The van der Waals surface area contributed by atoms with Gasteiger partial charge in [0.25, 0.3) is 0 Å². The summed E-state index contributed by atoms with van der Waals surface area (Å²) in [6, 6.07) is 13.9. The van der Waals surface area contributed by atoms with Gasteiger partial charge in [-0.1, -0.05) is 18.2 Å². The van der Waals surface area contributed by atoms with Crippen molar-refractivity contribution in [1.82, 2.24) is 15.0 Å². The summed E-state index contributed by atoms with van der Waals surface area (Å²) in [5.41, 5.74) is 4.11. The van der Waals surface area contributed by atoms with E-state index in [1.165, 1.54) is 18.3 Å². The van der Waals surface area contributed by atoms with Crippen LogP contribution in [-0.4, -0.2) is 44.5 Å². The number of anilines is 4. The minimum atomic E-state index is -0.0737. The smallest absolute Gasteiger partial charge is 0.250 e. The quantitative estimate of drug-likeness (QED) is 0.374. The molecular formula is C20H21N7O2. The Kier molecular flexibility index (Phi) is 5.37. The molecule has 0 spiro atoms. The summed E-state index contributed by atoms with van der Waals surface area (Å²) >= 11 is 0. The van der Waals surface area contributed by atoms with Crippen molar-refractivity contribution in [3.63, 3.8) is 0 Å². The molecule has 0 unspecified atom stereocenters. The normalized spacial score (nSPS) is 13.7. The van der Waals surface area contributed by atoms with E-state index in [1.54, 1.807) is 6.07 Å². The Bertz CT molecular complexity index is 1000. The van der Waals surface area contributed by atoms with Crippen LogP contribution < -0.4 is 15.6 Å². The average molecular weight is 391 g/mol. The monoisotopic (exact) mass is 391 g/mol. The molecule has 1 fully saturated rings. The van der Waals surface area contributed by atoms with Crippen molar-refractivity contribution in [2.45, 2.75) is 12.8 Å². The molecule has 4 N–H and O–H groups in total. The lowest BCUT2D eigenvalue weighted by Crippen LogP contribution is -2.21. The van der Waals surface area contributed by atoms with E-state index in [9.17, 15) is 10.2 Å². The molecule has 0 saturated carbocycles. The van der Waals surface area contributed by atoms with Crippen LogP contribution in [0.2, 0.25) is 0 Å². The molecular weight excluding hydrogens is 370 g/mol. The van der Waals surface area contributed by atoms with Crippen molar-refractivity contribution in [2.24, 2.45) is 5.10 Å². The number of hydrazone groups is 1. The Labute approximate surface area is 167 Å². The lowest BCUT2D eigenvalue weighted by Gasteiger charge is -2.16. The number of rotatable bonds is 6. The highest BCUT2D eigenvalue weighted by Crippen LogP contribution is 2.22. The van der Waals surface area contributed by atoms with E-state index in [1.807, 2.05) is 30.3 Å². The van der Waals surface area contributed by atoms with Gasteiger partial charge in [0.2, 0.25) is 17.8 Å². The summed E-state index contributed by atoms with van der Waals surface area (Å²) < 4.78 is 0. The Morgan fingerprint density at radius 2 is 1.69 bits per heavy atom. The van der Waals surface area contributed by atoms with Crippen molar-refractivity contribution in [3.05, 3.63) is 54.1 Å². The highest BCUT2D eigenvalue weighted by atomic mass is 16.3. The summed E-state index contributed by atoms with van der Waals surface area (Å²) in [5, 5.41) is 26.5. The molecule has 9 heteroatoms. The second-order valence-corrected chi connectivity index (χ2v) is 6.58. The van der Waals surface area contributed by atoms with E-state index in [-0.39, 0.29) is 17.4 Å². The first-order valence-corrected chi connectivity index (χ1v) is 9.31. The molecule has 9 nitrogen and oxygen atoms in total. The summed E-state index contributed by atoms with van der Waals surface area (Å²) in [5.74, 6) is 1.20. The van der Waals surface area contributed by atoms with Crippen LogP contribution >= 0.6 is 0 Å². The van der Waals surface area contributed by atoms with E-state index < -0.39 is 0 Å². The van der Waals surface area contributed by atoms with Crippen LogP contribution in [0.3, 0.4) is 0 Å². The summed E-state index contributed by atoms with van der Waals surface area (Å²) in [4.78, 5) is 15.5. The molecule has 148 valence electrons. The van der Waals surface area contributed by atoms with Gasteiger partial charge in [-0.15, -0.1) is 0 Å². The predicted octanol–water partition coefficient (Wildman–Crippen LogP) is 3.07. The molecule has 1 saturated heterocycles. The Balaban J connectivity index is 1.56. The number of hydrogen-bond acceptors (Lipinski definition) is 9. The molecule has 4 rings (SSSR count). The van der Waals surface area contributed by atoms with Gasteiger partial charge in [0.1, 0.15) is 11.5 Å². The molecule has 29 heavy (non-hydrogen) atoms. The first-order valence-electron chi connectivity index (χ1n) is 9.31. The Morgan fingerprint density at radius 1 is 0.931 bits per heavy atom. The van der Waals surface area contributed by atoms with Gasteiger partial charge in [-0.25, -0.2) is 5.43 Å². The van der Waals surface area contributed by atoms with Gasteiger partial charge >= 0.3 is 0 Å². The van der Waals surface area contributed by atoms with Crippen LogP contribution in [0.15, 0.2) is 53.6 Å². The van der Waals surface area contributed by atoms with E-state index >= 15 is 0 Å². The number of phenols is 2. The Morgan fingerprint density at radius 3 is 2.45 bits per heavy atom. The van der Waals surface area contributed by atoms with Gasteiger partial charge in [-0.3, -0.25) is 0 Å². The van der Waals surface area contributed by atoms with Crippen LogP contribution in [0.25, 0.3) is 0 Å². The van der Waals surface area contributed by atoms with Crippen LogP contribution in [0.1, 0.15) is 18.4 Å². The number of benzene rings is 2. The number of aromatic nitrogens is 3. The standard InChI is InChI=1S/C20H21N7O2/c28-16-9-8-14(17(29)12-16)13-21-26-19-23-18(22-15-6-2-1-3-7-15)24-20(25-19)27-10-4-5-11-27/h1-3,6-9,12-13,28-29H,4-5,10-11H2,(H2,22,23,24,25,26)/b21-13-. The van der Waals surface area contributed by atoms with Gasteiger partial charge in [0.05, 0.1) is 6.21 Å². The molecule has 0 radical (unpaired) electrons. The highest BCUT2D eigenvalue weighted by Gasteiger charge is 2.17. The van der Waals surface area contributed by atoms with Gasteiger partial charge in [-0.05, 0) is 37.1 Å². The number of para-hydroxylation sites is 1. The van der Waals surface area contributed by atoms with E-state index in [0.717, 1.165) is 31.6 Å². The third-order valence-electron chi connectivity index (χ3n) is 4.42. The van der Waals surface area contributed by atoms with Gasteiger partial charge in [0, 0.05) is 30.4 Å². The second-order valence-electron chi connectivity index (χ2n) is 6.58. The van der Waals surface area contributed by atoms with Crippen molar-refractivity contribution in [1.29, 1.82) is 0 Å². The van der Waals surface area contributed by atoms with Crippen LogP contribution in [0, 0.1) is 0 Å². The maximum Gasteiger partial charge on any atom is 0.250 e. The summed E-state index contributed by atoms with van der Waals surface area (Å²) in [7, 11) is 0. The zero-order valence-electron chi connectivity index (χ0n) is 15.7. The third-order valence-corrected chi connectivity index (χ3v) is 4.42. The SMILES string of the molecule is Oc1ccc(/C=N\Nc2nc(Nc3ccccc3)nc(N3CCCC3)n2)c(O)c1. The molecule has 1 aliphatic heterocycles. The van der Waals surface area contributed by atoms with E-state index in [2.05, 4.69) is 35.7 Å². The molecule has 2 aromatic carbocycles. The highest BCUT2D eigenvalue weighted by molar-refractivity contribution is 5.84. The van der Waals surface area contributed by atoms with Crippen molar-refractivity contribution in [3.8, 4) is 11.5 Å². The number of hydrogen-bond donors (Lipinski definition) is 4. The molecule has 1 aromatic heterocycles. The summed E-state index contributed by atoms with van der Waals surface area (Å²) in [6.45, 7) is 1.80. The minimum Gasteiger partial charge on any atom is -0.508 e. The lowest BCUT2D eigenvalue weighted by atomic mass is 10.2. The predicted molar refractivity (Wildman–Crippen MR) is 112 cm³/mol. The van der Waals surface area contributed by atoms with E-state index in [4.69, 9.17) is 0 Å². The Hall–Kier alpha value is -3.88. The zero-order chi connectivity index (χ0) is 20.1. The first kappa shape index (κ1) is 18.5. The molecule has 2 heterocycles. The molecule has 0 amide bonds. The van der Waals surface area contributed by atoms with Crippen LogP contribution in [0.4, 0.5) is 23.5 Å².